The van der Waals surface area contributed by atoms with Crippen LogP contribution in [0.2, 0.25) is 0 Å². The van der Waals surface area contributed by atoms with Crippen molar-refractivity contribution in [3.8, 4) is 0 Å². The average Bonchev–Trinajstić information content (AvgIpc) is 1.65. The number of rotatable bonds is 2. The fraction of sp³-hybridized carbons (Fsp3) is 0.667. The number of hydrogen-bond acceptors (Lipinski definition) is 2. The zero-order valence-electron chi connectivity index (χ0n) is 3.98. The topological polar surface area (TPSA) is 40.5 Å². The smallest absolute Gasteiger partial charge is 0.356 e. The second-order valence-corrected chi connectivity index (χ2v) is 1.25. The molecule has 0 amide bonds. The minimum atomic E-state index is -4.81. The van der Waals surface area contributed by atoms with Crippen LogP contribution < -0.4 is 0 Å². The van der Waals surface area contributed by atoms with E-state index in [2.05, 4.69) is 0 Å². The summed E-state index contributed by atoms with van der Waals surface area (Å²) in [6.45, 7) is 0. The zero-order chi connectivity index (χ0) is 7.65. The third kappa shape index (κ3) is 1.79. The Morgan fingerprint density at radius 3 is 1.56 bits per heavy atom. The van der Waals surface area contributed by atoms with E-state index in [1.807, 2.05) is 0 Å². The van der Waals surface area contributed by atoms with E-state index in [1.165, 1.54) is 0 Å². The second-order valence-electron chi connectivity index (χ2n) is 1.25. The van der Waals surface area contributed by atoms with E-state index >= 15 is 0 Å². The number of aliphatic hydroxyl groups is 2. The highest BCUT2D eigenvalue weighted by Gasteiger charge is 2.49. The minimum absolute atomic E-state index is 2.56. The molecular formula is C3H3F4O2. The van der Waals surface area contributed by atoms with Gasteiger partial charge in [-0.2, -0.15) is 8.78 Å². The van der Waals surface area contributed by atoms with Gasteiger partial charge in [0.1, 0.15) is 0 Å². The Morgan fingerprint density at radius 1 is 1.22 bits per heavy atom. The summed E-state index contributed by atoms with van der Waals surface area (Å²) in [7, 11) is 0. The highest BCUT2D eigenvalue weighted by Crippen LogP contribution is 2.29. The van der Waals surface area contributed by atoms with E-state index in [0.29, 0.717) is 0 Å². The lowest BCUT2D eigenvalue weighted by atomic mass is 10.3. The first-order valence-corrected chi connectivity index (χ1v) is 1.80. The molecule has 0 aliphatic heterocycles. The lowest BCUT2D eigenvalue weighted by Crippen LogP contribution is -2.34. The standard InChI is InChI=1S/C3H3F4O2/c4-1(5)3(6,7)2(8)9/h1,8-9H. The quantitative estimate of drug-likeness (QED) is 0.574. The Kier molecular flexibility index (Phi) is 2.39. The van der Waals surface area contributed by atoms with Crippen molar-refractivity contribution >= 4 is 0 Å². The maximum atomic E-state index is 11.4. The molecule has 0 saturated heterocycles. The van der Waals surface area contributed by atoms with Gasteiger partial charge in [-0.25, -0.2) is 8.78 Å². The van der Waals surface area contributed by atoms with Gasteiger partial charge in [0.15, 0.2) is 0 Å². The summed E-state index contributed by atoms with van der Waals surface area (Å²) in [4.78, 5) is 0. The van der Waals surface area contributed by atoms with Crippen LogP contribution in [-0.2, 0) is 0 Å². The predicted octanol–water partition coefficient (Wildman–Crippen LogP) is 1.12. The normalized spacial score (nSPS) is 13.3. The molecule has 0 bridgehead atoms. The van der Waals surface area contributed by atoms with Crippen molar-refractivity contribution in [1.82, 2.24) is 0 Å². The number of hydrogen-bond donors (Lipinski definition) is 2. The maximum Gasteiger partial charge on any atom is 0.365 e. The van der Waals surface area contributed by atoms with Crippen molar-refractivity contribution in [1.29, 1.82) is 0 Å². The Balaban J connectivity index is 4.01. The van der Waals surface area contributed by atoms with Crippen molar-refractivity contribution < 1.29 is 27.8 Å². The van der Waals surface area contributed by atoms with Crippen LogP contribution in [0.15, 0.2) is 0 Å². The van der Waals surface area contributed by atoms with Crippen molar-refractivity contribution in [2.24, 2.45) is 0 Å². The van der Waals surface area contributed by atoms with Gasteiger partial charge in [-0.3, -0.25) is 0 Å². The fourth-order valence-electron chi connectivity index (χ4n) is 0.0976. The molecule has 9 heavy (non-hydrogen) atoms. The van der Waals surface area contributed by atoms with Crippen LogP contribution in [-0.4, -0.2) is 22.6 Å². The Morgan fingerprint density at radius 2 is 1.56 bits per heavy atom. The third-order valence-electron chi connectivity index (χ3n) is 0.572. The molecular weight excluding hydrogens is 144 g/mol. The molecule has 0 aliphatic rings. The van der Waals surface area contributed by atoms with Crippen LogP contribution >= 0.6 is 0 Å². The number of aliphatic hydroxyl groups excluding tert-OH is 1. The first-order valence-electron chi connectivity index (χ1n) is 1.80. The van der Waals surface area contributed by atoms with Gasteiger partial charge in [0.05, 0.1) is 0 Å². The minimum Gasteiger partial charge on any atom is -0.356 e. The van der Waals surface area contributed by atoms with Gasteiger partial charge >= 0.3 is 12.3 Å². The van der Waals surface area contributed by atoms with Crippen LogP contribution in [0.3, 0.4) is 0 Å². The first-order chi connectivity index (χ1) is 3.89. The molecule has 0 aromatic heterocycles. The molecule has 0 heterocycles. The molecule has 0 rings (SSSR count). The monoisotopic (exact) mass is 147 g/mol. The lowest BCUT2D eigenvalue weighted by molar-refractivity contribution is -0.195. The third-order valence-corrected chi connectivity index (χ3v) is 0.572. The van der Waals surface area contributed by atoms with Gasteiger partial charge in [0.2, 0.25) is 0 Å². The molecule has 0 fully saturated rings. The van der Waals surface area contributed by atoms with Crippen LogP contribution in [0, 0.1) is 6.29 Å². The molecule has 1 radical (unpaired) electrons. The number of alkyl halides is 4. The predicted molar refractivity (Wildman–Crippen MR) is 18.1 cm³/mol. The van der Waals surface area contributed by atoms with E-state index in [9.17, 15) is 17.6 Å². The van der Waals surface area contributed by atoms with E-state index in [4.69, 9.17) is 10.2 Å². The Bertz CT molecular complexity index is 81.8. The second kappa shape index (κ2) is 2.49. The molecule has 0 aromatic rings. The van der Waals surface area contributed by atoms with Gasteiger partial charge in [-0.1, -0.05) is 0 Å². The van der Waals surface area contributed by atoms with Crippen LogP contribution in [0.4, 0.5) is 17.6 Å². The van der Waals surface area contributed by atoms with Gasteiger partial charge in [-0.05, 0) is 0 Å². The highest BCUT2D eigenvalue weighted by atomic mass is 19.3. The molecule has 0 saturated carbocycles. The lowest BCUT2D eigenvalue weighted by Gasteiger charge is -2.14. The summed E-state index contributed by atoms with van der Waals surface area (Å²) in [6.07, 6.45) is -6.64. The van der Waals surface area contributed by atoms with Crippen molar-refractivity contribution in [3.63, 3.8) is 0 Å². The molecule has 0 aromatic carbocycles. The van der Waals surface area contributed by atoms with Gasteiger partial charge in [0.25, 0.3) is 6.29 Å². The summed E-state index contributed by atoms with van der Waals surface area (Å²) in [5.41, 5.74) is 0. The Labute approximate surface area is 47.7 Å². The van der Waals surface area contributed by atoms with E-state index < -0.39 is 18.6 Å². The van der Waals surface area contributed by atoms with Gasteiger partial charge < -0.3 is 10.2 Å². The van der Waals surface area contributed by atoms with Crippen molar-refractivity contribution in [2.45, 2.75) is 12.3 Å². The average molecular weight is 147 g/mol. The van der Waals surface area contributed by atoms with Gasteiger partial charge in [0, 0.05) is 0 Å². The largest absolute Gasteiger partial charge is 0.365 e. The van der Waals surface area contributed by atoms with E-state index in [1.54, 1.807) is 0 Å². The molecule has 0 unspecified atom stereocenters. The van der Waals surface area contributed by atoms with Crippen LogP contribution in [0.25, 0.3) is 0 Å². The zero-order valence-corrected chi connectivity index (χ0v) is 3.98. The van der Waals surface area contributed by atoms with E-state index in [0.717, 1.165) is 0 Å². The van der Waals surface area contributed by atoms with Crippen LogP contribution in [0.5, 0.6) is 0 Å². The number of halogens is 4. The van der Waals surface area contributed by atoms with Crippen LogP contribution in [0.1, 0.15) is 0 Å². The first kappa shape index (κ1) is 8.64. The molecule has 2 N–H and O–H groups in total. The summed E-state index contributed by atoms with van der Waals surface area (Å²) in [6, 6.07) is 0. The molecule has 0 spiro atoms. The van der Waals surface area contributed by atoms with Crippen molar-refractivity contribution in [3.05, 3.63) is 6.29 Å². The molecule has 2 nitrogen and oxygen atoms in total. The van der Waals surface area contributed by atoms with Gasteiger partial charge in [-0.15, -0.1) is 0 Å². The molecule has 6 heteroatoms. The Hall–Kier alpha value is -0.360. The molecule has 55 valence electrons. The summed E-state index contributed by atoms with van der Waals surface area (Å²) in [5.74, 6) is -4.81. The summed E-state index contributed by atoms with van der Waals surface area (Å²) < 4.78 is 44.7. The summed E-state index contributed by atoms with van der Waals surface area (Å²) in [5, 5.41) is 15.0. The van der Waals surface area contributed by atoms with E-state index in [-0.39, 0.29) is 0 Å². The maximum absolute atomic E-state index is 11.4. The molecule has 0 atom stereocenters. The SMILES string of the molecule is O[C](O)C(F)(F)C(F)F. The van der Waals surface area contributed by atoms with Crippen molar-refractivity contribution in [2.75, 3.05) is 0 Å². The molecule has 0 aliphatic carbocycles. The summed E-state index contributed by atoms with van der Waals surface area (Å²) >= 11 is 0. The fourth-order valence-corrected chi connectivity index (χ4v) is 0.0976. The highest BCUT2D eigenvalue weighted by molar-refractivity contribution is 4.83.